The average Bonchev–Trinajstić information content (AvgIpc) is 2.36. The SMILES string of the molecule is COc1ccc(NC2CC(C)N(C)CC2C)cc1C. The van der Waals surface area contributed by atoms with Gasteiger partial charge in [-0.05, 0) is 57.0 Å². The molecule has 1 aliphatic heterocycles. The van der Waals surface area contributed by atoms with Crippen molar-refractivity contribution in [3.8, 4) is 5.75 Å². The largest absolute Gasteiger partial charge is 0.496 e. The molecule has 2 rings (SSSR count). The van der Waals surface area contributed by atoms with Gasteiger partial charge in [0.25, 0.3) is 0 Å². The molecule has 3 nitrogen and oxygen atoms in total. The molecule has 1 saturated heterocycles. The summed E-state index contributed by atoms with van der Waals surface area (Å²) in [5.41, 5.74) is 2.38. The number of hydrogen-bond acceptors (Lipinski definition) is 3. The second-order valence-corrected chi connectivity index (χ2v) is 5.94. The highest BCUT2D eigenvalue weighted by molar-refractivity contribution is 5.51. The van der Waals surface area contributed by atoms with Crippen LogP contribution < -0.4 is 10.1 Å². The molecular weight excluding hydrogens is 236 g/mol. The standard InChI is InChI=1S/C16H26N2O/c1-11-8-14(6-7-16(11)19-5)17-15-9-13(3)18(4)10-12(15)2/h6-8,12-13,15,17H,9-10H2,1-5H3. The van der Waals surface area contributed by atoms with Gasteiger partial charge in [-0.3, -0.25) is 0 Å². The van der Waals surface area contributed by atoms with E-state index in [4.69, 9.17) is 4.74 Å². The molecule has 1 N–H and O–H groups in total. The molecule has 3 atom stereocenters. The van der Waals surface area contributed by atoms with E-state index < -0.39 is 0 Å². The molecular formula is C16H26N2O. The van der Waals surface area contributed by atoms with Crippen LogP contribution in [0.25, 0.3) is 0 Å². The van der Waals surface area contributed by atoms with E-state index in [0.29, 0.717) is 18.0 Å². The molecule has 1 aliphatic rings. The monoisotopic (exact) mass is 262 g/mol. The van der Waals surface area contributed by atoms with Crippen molar-refractivity contribution in [2.45, 2.75) is 39.3 Å². The maximum absolute atomic E-state index is 5.31. The van der Waals surface area contributed by atoms with Crippen molar-refractivity contribution in [3.63, 3.8) is 0 Å². The first-order valence-electron chi connectivity index (χ1n) is 7.12. The van der Waals surface area contributed by atoms with Gasteiger partial charge in [0.05, 0.1) is 7.11 Å². The Kier molecular flexibility index (Phi) is 4.35. The lowest BCUT2D eigenvalue weighted by Gasteiger charge is -2.40. The van der Waals surface area contributed by atoms with Crippen LogP contribution in [-0.4, -0.2) is 37.7 Å². The minimum absolute atomic E-state index is 0.555. The van der Waals surface area contributed by atoms with Gasteiger partial charge in [0.2, 0.25) is 0 Å². The van der Waals surface area contributed by atoms with Crippen LogP contribution in [0.15, 0.2) is 18.2 Å². The molecule has 106 valence electrons. The number of benzene rings is 1. The van der Waals surface area contributed by atoms with Crippen molar-refractivity contribution in [1.29, 1.82) is 0 Å². The highest BCUT2D eigenvalue weighted by atomic mass is 16.5. The van der Waals surface area contributed by atoms with Gasteiger partial charge in [0, 0.05) is 24.3 Å². The molecule has 0 amide bonds. The summed E-state index contributed by atoms with van der Waals surface area (Å²) >= 11 is 0. The molecule has 1 heterocycles. The second-order valence-electron chi connectivity index (χ2n) is 5.94. The first-order valence-corrected chi connectivity index (χ1v) is 7.12. The van der Waals surface area contributed by atoms with E-state index in [9.17, 15) is 0 Å². The molecule has 1 aromatic rings. The topological polar surface area (TPSA) is 24.5 Å². The van der Waals surface area contributed by atoms with Crippen LogP contribution in [0, 0.1) is 12.8 Å². The Labute approximate surface area is 116 Å². The summed E-state index contributed by atoms with van der Waals surface area (Å²) < 4.78 is 5.31. The van der Waals surface area contributed by atoms with Crippen molar-refractivity contribution in [2.24, 2.45) is 5.92 Å². The quantitative estimate of drug-likeness (QED) is 0.905. The number of ether oxygens (including phenoxy) is 1. The van der Waals surface area contributed by atoms with Crippen molar-refractivity contribution in [3.05, 3.63) is 23.8 Å². The zero-order valence-corrected chi connectivity index (χ0v) is 12.7. The molecule has 1 fully saturated rings. The summed E-state index contributed by atoms with van der Waals surface area (Å²) in [5.74, 6) is 1.62. The number of piperidine rings is 1. The average molecular weight is 262 g/mol. The number of hydrogen-bond donors (Lipinski definition) is 1. The van der Waals surface area contributed by atoms with Gasteiger partial charge >= 0.3 is 0 Å². The number of methoxy groups -OCH3 is 1. The Morgan fingerprint density at radius 1 is 1.32 bits per heavy atom. The van der Waals surface area contributed by atoms with E-state index in [2.05, 4.69) is 50.2 Å². The number of likely N-dealkylation sites (tertiary alicyclic amines) is 1. The lowest BCUT2D eigenvalue weighted by atomic mass is 9.89. The number of nitrogens with zero attached hydrogens (tertiary/aromatic N) is 1. The first kappa shape index (κ1) is 14.2. The number of aryl methyl sites for hydroxylation is 1. The van der Waals surface area contributed by atoms with E-state index in [0.717, 1.165) is 12.3 Å². The maximum Gasteiger partial charge on any atom is 0.121 e. The molecule has 0 saturated carbocycles. The Bertz CT molecular complexity index is 433. The number of nitrogens with one attached hydrogen (secondary N) is 1. The van der Waals surface area contributed by atoms with Crippen LogP contribution in [0.4, 0.5) is 5.69 Å². The summed E-state index contributed by atoms with van der Waals surface area (Å²) in [7, 11) is 3.94. The van der Waals surface area contributed by atoms with Gasteiger partial charge < -0.3 is 15.0 Å². The Balaban J connectivity index is 2.06. The zero-order valence-electron chi connectivity index (χ0n) is 12.7. The van der Waals surface area contributed by atoms with Gasteiger partial charge in [0.15, 0.2) is 0 Å². The summed E-state index contributed by atoms with van der Waals surface area (Å²) in [5, 5.41) is 3.69. The lowest BCUT2D eigenvalue weighted by Crippen LogP contribution is -2.48. The first-order chi connectivity index (χ1) is 9.01. The van der Waals surface area contributed by atoms with E-state index in [1.165, 1.54) is 17.7 Å². The minimum atomic E-state index is 0.555. The van der Waals surface area contributed by atoms with Gasteiger partial charge in [0.1, 0.15) is 5.75 Å². The number of anilines is 1. The van der Waals surface area contributed by atoms with Crippen LogP contribution in [0.1, 0.15) is 25.8 Å². The van der Waals surface area contributed by atoms with Crippen LogP contribution in [0.2, 0.25) is 0 Å². The highest BCUT2D eigenvalue weighted by Crippen LogP contribution is 2.27. The minimum Gasteiger partial charge on any atom is -0.496 e. The van der Waals surface area contributed by atoms with Gasteiger partial charge in [-0.25, -0.2) is 0 Å². The van der Waals surface area contributed by atoms with Gasteiger partial charge in [-0.2, -0.15) is 0 Å². The normalized spacial score (nSPS) is 28.2. The lowest BCUT2D eigenvalue weighted by molar-refractivity contribution is 0.145. The molecule has 0 bridgehead atoms. The third-order valence-corrected chi connectivity index (χ3v) is 4.36. The van der Waals surface area contributed by atoms with Crippen LogP contribution in [-0.2, 0) is 0 Å². The number of rotatable bonds is 3. The van der Waals surface area contributed by atoms with Gasteiger partial charge in [-0.1, -0.05) is 6.92 Å². The highest BCUT2D eigenvalue weighted by Gasteiger charge is 2.28. The fourth-order valence-corrected chi connectivity index (χ4v) is 2.92. The van der Waals surface area contributed by atoms with Gasteiger partial charge in [-0.15, -0.1) is 0 Å². The van der Waals surface area contributed by atoms with Crippen molar-refractivity contribution >= 4 is 5.69 Å². The second kappa shape index (κ2) is 5.83. The molecule has 3 heteroatoms. The molecule has 3 unspecified atom stereocenters. The van der Waals surface area contributed by atoms with E-state index in [-0.39, 0.29) is 0 Å². The third-order valence-electron chi connectivity index (χ3n) is 4.36. The summed E-state index contributed by atoms with van der Waals surface area (Å²) in [6.45, 7) is 7.88. The summed E-state index contributed by atoms with van der Waals surface area (Å²) in [6.07, 6.45) is 1.20. The van der Waals surface area contributed by atoms with E-state index in [1.54, 1.807) is 7.11 Å². The van der Waals surface area contributed by atoms with Crippen LogP contribution in [0.3, 0.4) is 0 Å². The Morgan fingerprint density at radius 3 is 2.68 bits per heavy atom. The fourth-order valence-electron chi connectivity index (χ4n) is 2.92. The Morgan fingerprint density at radius 2 is 2.05 bits per heavy atom. The maximum atomic E-state index is 5.31. The molecule has 0 spiro atoms. The fraction of sp³-hybridized carbons (Fsp3) is 0.625. The third kappa shape index (κ3) is 3.21. The predicted molar refractivity (Wildman–Crippen MR) is 81.0 cm³/mol. The van der Waals surface area contributed by atoms with Crippen molar-refractivity contribution in [2.75, 3.05) is 26.0 Å². The summed E-state index contributed by atoms with van der Waals surface area (Å²) in [6, 6.07) is 7.53. The molecule has 1 aromatic carbocycles. The molecule has 0 aromatic heterocycles. The van der Waals surface area contributed by atoms with Crippen LogP contribution in [0.5, 0.6) is 5.75 Å². The van der Waals surface area contributed by atoms with E-state index >= 15 is 0 Å². The van der Waals surface area contributed by atoms with Crippen molar-refractivity contribution in [1.82, 2.24) is 4.90 Å². The summed E-state index contributed by atoms with van der Waals surface area (Å²) in [4.78, 5) is 2.45. The van der Waals surface area contributed by atoms with E-state index in [1.807, 2.05) is 6.07 Å². The van der Waals surface area contributed by atoms with Crippen molar-refractivity contribution < 1.29 is 4.74 Å². The predicted octanol–water partition coefficient (Wildman–Crippen LogP) is 3.14. The molecule has 19 heavy (non-hydrogen) atoms. The van der Waals surface area contributed by atoms with Crippen LogP contribution >= 0.6 is 0 Å². The molecule has 0 radical (unpaired) electrons. The smallest absolute Gasteiger partial charge is 0.121 e. The molecule has 0 aliphatic carbocycles. The zero-order chi connectivity index (χ0) is 14.0. The Hall–Kier alpha value is -1.22.